The summed E-state index contributed by atoms with van der Waals surface area (Å²) in [7, 11) is -2.99. The lowest BCUT2D eigenvalue weighted by molar-refractivity contribution is 0.601. The number of halogens is 2. The number of anilines is 1. The molecule has 0 unspecified atom stereocenters. The van der Waals surface area contributed by atoms with Crippen LogP contribution in [-0.4, -0.2) is 36.4 Å². The molecule has 0 amide bonds. The zero-order valence-corrected chi connectivity index (χ0v) is 15.4. The number of benzene rings is 1. The Bertz CT molecular complexity index is 682. The van der Waals surface area contributed by atoms with Gasteiger partial charge in [0.15, 0.2) is 15.0 Å². The summed E-state index contributed by atoms with van der Waals surface area (Å²) in [6, 6.07) is 3.82. The minimum absolute atomic E-state index is 0.0346. The Morgan fingerprint density at radius 3 is 2.50 bits per heavy atom. The molecule has 3 rings (SSSR count). The van der Waals surface area contributed by atoms with E-state index in [2.05, 4.69) is 31.9 Å². The Hall–Kier alpha value is -0.0500. The second-order valence-electron chi connectivity index (χ2n) is 5.05. The molecular weight excluding hydrogens is 428 g/mol. The second-order valence-corrected chi connectivity index (χ2v) is 10.1. The molecular formula is C12H12Br2N2O2S2. The van der Waals surface area contributed by atoms with E-state index in [1.807, 2.05) is 24.0 Å². The van der Waals surface area contributed by atoms with Gasteiger partial charge in [0.2, 0.25) is 0 Å². The SMILES string of the molecule is Cc1cc(Br)c(N2C(=N)S[C@H]3CS(=O)(=O)C[C@@H]32)c(Br)c1. The highest BCUT2D eigenvalue weighted by molar-refractivity contribution is 9.11. The zero-order chi connectivity index (χ0) is 14.7. The molecule has 8 heteroatoms. The third kappa shape index (κ3) is 2.44. The standard InChI is InChI=1S/C12H12Br2N2O2S2/c1-6-2-7(13)11(8(14)3-6)16-9-4-20(17,18)5-10(9)19-12(16)15/h2-3,9-10,15H,4-5H2,1H3/t9-,10-/m0/s1. The molecule has 0 saturated carbocycles. The molecule has 4 nitrogen and oxygen atoms in total. The van der Waals surface area contributed by atoms with Crippen molar-refractivity contribution in [1.29, 1.82) is 5.41 Å². The van der Waals surface area contributed by atoms with Gasteiger partial charge in [-0.1, -0.05) is 11.8 Å². The van der Waals surface area contributed by atoms with Crippen LogP contribution in [0.1, 0.15) is 5.56 Å². The van der Waals surface area contributed by atoms with Gasteiger partial charge in [0.1, 0.15) is 0 Å². The van der Waals surface area contributed by atoms with Crippen molar-refractivity contribution in [3.05, 3.63) is 26.6 Å². The van der Waals surface area contributed by atoms with E-state index in [4.69, 9.17) is 5.41 Å². The summed E-state index contributed by atoms with van der Waals surface area (Å²) in [5.74, 6) is 0.294. The number of thioether (sulfide) groups is 1. The normalized spacial score (nSPS) is 27.9. The van der Waals surface area contributed by atoms with E-state index in [9.17, 15) is 8.42 Å². The van der Waals surface area contributed by atoms with Crippen LogP contribution >= 0.6 is 43.6 Å². The van der Waals surface area contributed by atoms with Gasteiger partial charge in [0.05, 0.1) is 23.2 Å². The fraction of sp³-hybridized carbons (Fsp3) is 0.417. The molecule has 2 aliphatic heterocycles. The molecule has 0 spiro atoms. The van der Waals surface area contributed by atoms with Crippen molar-refractivity contribution in [2.45, 2.75) is 18.2 Å². The number of sulfone groups is 1. The van der Waals surface area contributed by atoms with Crippen molar-refractivity contribution < 1.29 is 8.42 Å². The first kappa shape index (κ1) is 14.9. The van der Waals surface area contributed by atoms with Crippen LogP contribution in [-0.2, 0) is 9.84 Å². The number of nitrogens with zero attached hydrogens (tertiary/aromatic N) is 1. The summed E-state index contributed by atoms with van der Waals surface area (Å²) in [5, 5.41) is 8.55. The van der Waals surface area contributed by atoms with Gasteiger partial charge in [-0.3, -0.25) is 5.41 Å². The van der Waals surface area contributed by atoms with E-state index in [0.717, 1.165) is 20.2 Å². The number of fused-ring (bicyclic) bond motifs is 1. The molecule has 2 heterocycles. The molecule has 2 saturated heterocycles. The first-order valence-corrected chi connectivity index (χ1v) is 10.3. The predicted molar refractivity (Wildman–Crippen MR) is 90.6 cm³/mol. The first-order valence-electron chi connectivity index (χ1n) is 5.99. The Labute approximate surface area is 139 Å². The minimum atomic E-state index is -2.99. The first-order chi connectivity index (χ1) is 9.28. The van der Waals surface area contributed by atoms with Crippen molar-refractivity contribution >= 4 is 64.3 Å². The van der Waals surface area contributed by atoms with Crippen LogP contribution in [0.15, 0.2) is 21.1 Å². The van der Waals surface area contributed by atoms with Crippen molar-refractivity contribution in [2.24, 2.45) is 0 Å². The molecule has 0 aliphatic carbocycles. The molecule has 20 heavy (non-hydrogen) atoms. The largest absolute Gasteiger partial charge is 0.314 e. The van der Waals surface area contributed by atoms with E-state index in [1.54, 1.807) is 0 Å². The molecule has 0 radical (unpaired) electrons. The predicted octanol–water partition coefficient (Wildman–Crippen LogP) is 3.17. The average Bonchev–Trinajstić information content (AvgIpc) is 2.70. The van der Waals surface area contributed by atoms with Crippen LogP contribution in [0.5, 0.6) is 0 Å². The number of amidine groups is 1. The van der Waals surface area contributed by atoms with Crippen molar-refractivity contribution in [2.75, 3.05) is 16.4 Å². The zero-order valence-electron chi connectivity index (χ0n) is 10.6. The lowest BCUT2D eigenvalue weighted by atomic mass is 10.1. The van der Waals surface area contributed by atoms with Crippen LogP contribution in [0.2, 0.25) is 0 Å². The van der Waals surface area contributed by atoms with Gasteiger partial charge in [-0.15, -0.1) is 0 Å². The topological polar surface area (TPSA) is 61.2 Å². The molecule has 1 aromatic rings. The molecule has 2 aliphatic rings. The molecule has 1 aromatic carbocycles. The summed E-state index contributed by atoms with van der Waals surface area (Å²) in [5.41, 5.74) is 1.94. The smallest absolute Gasteiger partial charge is 0.161 e. The van der Waals surface area contributed by atoms with Gasteiger partial charge in [0.25, 0.3) is 0 Å². The highest BCUT2D eigenvalue weighted by Crippen LogP contribution is 2.45. The summed E-state index contributed by atoms with van der Waals surface area (Å²) < 4.78 is 25.4. The molecule has 0 bridgehead atoms. The number of hydrogen-bond donors (Lipinski definition) is 1. The van der Waals surface area contributed by atoms with Crippen LogP contribution in [0.3, 0.4) is 0 Å². The van der Waals surface area contributed by atoms with Crippen molar-refractivity contribution in [1.82, 2.24) is 0 Å². The lowest BCUT2D eigenvalue weighted by Crippen LogP contribution is -2.37. The Balaban J connectivity index is 2.08. The highest BCUT2D eigenvalue weighted by atomic mass is 79.9. The molecule has 108 valence electrons. The maximum Gasteiger partial charge on any atom is 0.161 e. The van der Waals surface area contributed by atoms with E-state index < -0.39 is 9.84 Å². The van der Waals surface area contributed by atoms with Crippen LogP contribution in [0.4, 0.5) is 5.69 Å². The summed E-state index contributed by atoms with van der Waals surface area (Å²) in [6.07, 6.45) is 0. The third-order valence-electron chi connectivity index (χ3n) is 3.49. The Morgan fingerprint density at radius 2 is 1.90 bits per heavy atom. The molecule has 1 N–H and O–H groups in total. The molecule has 2 atom stereocenters. The average molecular weight is 440 g/mol. The number of nitrogens with one attached hydrogen (secondary N) is 1. The second kappa shape index (κ2) is 5.00. The fourth-order valence-corrected chi connectivity index (χ4v) is 8.27. The van der Waals surface area contributed by atoms with Crippen LogP contribution in [0.25, 0.3) is 0 Å². The van der Waals surface area contributed by atoms with Gasteiger partial charge >= 0.3 is 0 Å². The quantitative estimate of drug-likeness (QED) is 0.729. The molecule has 2 fully saturated rings. The maximum absolute atomic E-state index is 11.8. The summed E-state index contributed by atoms with van der Waals surface area (Å²) >= 11 is 8.42. The maximum atomic E-state index is 11.8. The molecule has 0 aromatic heterocycles. The number of hydrogen-bond acceptors (Lipinski definition) is 4. The number of rotatable bonds is 1. The van der Waals surface area contributed by atoms with Gasteiger partial charge in [-0.25, -0.2) is 8.42 Å². The third-order valence-corrected chi connectivity index (χ3v) is 7.83. The minimum Gasteiger partial charge on any atom is -0.314 e. The summed E-state index contributed by atoms with van der Waals surface area (Å²) in [4.78, 5) is 1.84. The van der Waals surface area contributed by atoms with E-state index >= 15 is 0 Å². The van der Waals surface area contributed by atoms with Gasteiger partial charge in [0, 0.05) is 14.2 Å². The fourth-order valence-electron chi connectivity index (χ4n) is 2.69. The van der Waals surface area contributed by atoms with Gasteiger partial charge < -0.3 is 4.90 Å². The number of aryl methyl sites for hydroxylation is 1. The van der Waals surface area contributed by atoms with Crippen LogP contribution < -0.4 is 4.90 Å². The van der Waals surface area contributed by atoms with Crippen LogP contribution in [0, 0.1) is 12.3 Å². The lowest BCUT2D eigenvalue weighted by Gasteiger charge is -2.26. The van der Waals surface area contributed by atoms with Gasteiger partial charge in [-0.2, -0.15) is 0 Å². The van der Waals surface area contributed by atoms with E-state index in [1.165, 1.54) is 11.8 Å². The van der Waals surface area contributed by atoms with Crippen molar-refractivity contribution in [3.63, 3.8) is 0 Å². The monoisotopic (exact) mass is 438 g/mol. The van der Waals surface area contributed by atoms with E-state index in [-0.39, 0.29) is 22.8 Å². The van der Waals surface area contributed by atoms with E-state index in [0.29, 0.717) is 5.17 Å². The Morgan fingerprint density at radius 1 is 1.30 bits per heavy atom. The highest BCUT2D eigenvalue weighted by Gasteiger charge is 2.49. The van der Waals surface area contributed by atoms with Crippen molar-refractivity contribution in [3.8, 4) is 0 Å². The summed E-state index contributed by atoms with van der Waals surface area (Å²) in [6.45, 7) is 1.99. The van der Waals surface area contributed by atoms with Gasteiger partial charge in [-0.05, 0) is 56.5 Å². The Kier molecular flexibility index (Phi) is 3.72.